The molecule has 1 aliphatic carbocycles. The SMILES string of the molecule is CCNC(=NCCCNc1ccc(C(F)(F)F)cn1)NC1CC=CC1. The van der Waals surface area contributed by atoms with Crippen molar-refractivity contribution in [2.24, 2.45) is 4.99 Å². The first-order valence-electron chi connectivity index (χ1n) is 8.46. The average molecular weight is 355 g/mol. The molecule has 0 amide bonds. The number of aliphatic imine (C=N–C) groups is 1. The Bertz CT molecular complexity index is 573. The number of aromatic nitrogens is 1. The topological polar surface area (TPSA) is 61.3 Å². The summed E-state index contributed by atoms with van der Waals surface area (Å²) in [5.41, 5.74) is -0.745. The number of pyridine rings is 1. The van der Waals surface area contributed by atoms with Crippen molar-refractivity contribution >= 4 is 11.8 Å². The van der Waals surface area contributed by atoms with Crippen molar-refractivity contribution in [1.29, 1.82) is 0 Å². The van der Waals surface area contributed by atoms with E-state index in [1.54, 1.807) is 0 Å². The summed E-state index contributed by atoms with van der Waals surface area (Å²) in [6.07, 6.45) is 3.55. The second-order valence-corrected chi connectivity index (χ2v) is 5.75. The largest absolute Gasteiger partial charge is 0.417 e. The molecule has 1 aromatic heterocycles. The van der Waals surface area contributed by atoms with Crippen molar-refractivity contribution in [3.8, 4) is 0 Å². The molecule has 0 unspecified atom stereocenters. The smallest absolute Gasteiger partial charge is 0.370 e. The first-order chi connectivity index (χ1) is 12.0. The second-order valence-electron chi connectivity index (χ2n) is 5.75. The third-order valence-electron chi connectivity index (χ3n) is 3.69. The van der Waals surface area contributed by atoms with Crippen LogP contribution in [0.3, 0.4) is 0 Å². The van der Waals surface area contributed by atoms with Crippen molar-refractivity contribution in [1.82, 2.24) is 15.6 Å². The van der Waals surface area contributed by atoms with Gasteiger partial charge in [0.2, 0.25) is 0 Å². The molecular formula is C17H24F3N5. The molecule has 25 heavy (non-hydrogen) atoms. The lowest BCUT2D eigenvalue weighted by molar-refractivity contribution is -0.137. The molecule has 138 valence electrons. The Kier molecular flexibility index (Phi) is 7.09. The van der Waals surface area contributed by atoms with E-state index in [4.69, 9.17) is 0 Å². The normalized spacial score (nSPS) is 15.4. The minimum atomic E-state index is -4.36. The number of nitrogens with one attached hydrogen (secondary N) is 3. The third kappa shape index (κ3) is 6.64. The molecule has 2 rings (SSSR count). The van der Waals surface area contributed by atoms with Gasteiger partial charge in [0.15, 0.2) is 5.96 Å². The van der Waals surface area contributed by atoms with Crippen LogP contribution in [0.4, 0.5) is 19.0 Å². The molecule has 1 aromatic rings. The highest BCUT2D eigenvalue weighted by Gasteiger charge is 2.30. The number of hydrogen-bond donors (Lipinski definition) is 3. The molecule has 8 heteroatoms. The first kappa shape index (κ1) is 19.1. The number of guanidine groups is 1. The number of hydrogen-bond acceptors (Lipinski definition) is 3. The van der Waals surface area contributed by atoms with Gasteiger partial charge in [0.05, 0.1) is 5.56 Å². The summed E-state index contributed by atoms with van der Waals surface area (Å²) in [5, 5.41) is 9.60. The van der Waals surface area contributed by atoms with Crippen LogP contribution >= 0.6 is 0 Å². The molecule has 0 spiro atoms. The first-order valence-corrected chi connectivity index (χ1v) is 8.46. The van der Waals surface area contributed by atoms with Crippen molar-refractivity contribution < 1.29 is 13.2 Å². The molecule has 5 nitrogen and oxygen atoms in total. The van der Waals surface area contributed by atoms with E-state index in [0.29, 0.717) is 24.9 Å². The molecule has 1 aliphatic rings. The molecule has 0 radical (unpaired) electrons. The number of anilines is 1. The summed E-state index contributed by atoms with van der Waals surface area (Å²) in [7, 11) is 0. The molecule has 0 atom stereocenters. The predicted molar refractivity (Wildman–Crippen MR) is 93.6 cm³/mol. The van der Waals surface area contributed by atoms with E-state index in [9.17, 15) is 13.2 Å². The Morgan fingerprint density at radius 2 is 2.04 bits per heavy atom. The van der Waals surface area contributed by atoms with Gasteiger partial charge in [-0.2, -0.15) is 13.2 Å². The van der Waals surface area contributed by atoms with E-state index in [1.165, 1.54) is 6.07 Å². The Labute approximate surface area is 145 Å². The van der Waals surface area contributed by atoms with E-state index >= 15 is 0 Å². The Morgan fingerprint density at radius 3 is 2.64 bits per heavy atom. The highest BCUT2D eigenvalue weighted by Crippen LogP contribution is 2.28. The second kappa shape index (κ2) is 9.29. The maximum Gasteiger partial charge on any atom is 0.417 e. The molecule has 0 saturated carbocycles. The van der Waals surface area contributed by atoms with Gasteiger partial charge in [-0.25, -0.2) is 4.98 Å². The molecule has 0 aliphatic heterocycles. The van der Waals surface area contributed by atoms with E-state index in [1.807, 2.05) is 6.92 Å². The molecular weight excluding hydrogens is 331 g/mol. The van der Waals surface area contributed by atoms with Gasteiger partial charge in [0.1, 0.15) is 5.82 Å². The van der Waals surface area contributed by atoms with Gasteiger partial charge >= 0.3 is 6.18 Å². The fourth-order valence-electron chi connectivity index (χ4n) is 2.40. The fraction of sp³-hybridized carbons (Fsp3) is 0.529. The van der Waals surface area contributed by atoms with Gasteiger partial charge in [-0.1, -0.05) is 12.2 Å². The van der Waals surface area contributed by atoms with Crippen molar-refractivity contribution in [3.63, 3.8) is 0 Å². The molecule has 0 aromatic carbocycles. The lowest BCUT2D eigenvalue weighted by Crippen LogP contribution is -2.42. The van der Waals surface area contributed by atoms with Gasteiger partial charge in [0, 0.05) is 31.9 Å². The highest BCUT2D eigenvalue weighted by molar-refractivity contribution is 5.80. The van der Waals surface area contributed by atoms with Crippen LogP contribution in [0, 0.1) is 0 Å². The minimum absolute atomic E-state index is 0.396. The predicted octanol–water partition coefficient (Wildman–Crippen LogP) is 3.18. The molecule has 0 bridgehead atoms. The Balaban J connectivity index is 1.71. The zero-order valence-corrected chi connectivity index (χ0v) is 14.2. The number of rotatable bonds is 7. The maximum absolute atomic E-state index is 12.5. The van der Waals surface area contributed by atoms with Crippen LogP contribution in [-0.2, 0) is 6.18 Å². The monoisotopic (exact) mass is 355 g/mol. The molecule has 3 N–H and O–H groups in total. The quantitative estimate of drug-likeness (QED) is 0.304. The van der Waals surface area contributed by atoms with Gasteiger partial charge in [-0.3, -0.25) is 4.99 Å². The van der Waals surface area contributed by atoms with Crippen molar-refractivity contribution in [3.05, 3.63) is 36.0 Å². The van der Waals surface area contributed by atoms with E-state index < -0.39 is 11.7 Å². The van der Waals surface area contributed by atoms with Crippen molar-refractivity contribution in [2.75, 3.05) is 25.0 Å². The summed E-state index contributed by atoms with van der Waals surface area (Å²) < 4.78 is 37.4. The van der Waals surface area contributed by atoms with Crippen LogP contribution in [0.2, 0.25) is 0 Å². The Hall–Kier alpha value is -2.25. The number of halogens is 3. The number of nitrogens with zero attached hydrogens (tertiary/aromatic N) is 2. The molecule has 0 fully saturated rings. The zero-order valence-electron chi connectivity index (χ0n) is 14.2. The highest BCUT2D eigenvalue weighted by atomic mass is 19.4. The van der Waals surface area contributed by atoms with Gasteiger partial charge < -0.3 is 16.0 Å². The lowest BCUT2D eigenvalue weighted by atomic mass is 10.2. The van der Waals surface area contributed by atoms with Gasteiger partial charge in [-0.15, -0.1) is 0 Å². The average Bonchev–Trinajstić information content (AvgIpc) is 3.07. The fourth-order valence-corrected chi connectivity index (χ4v) is 2.40. The summed E-state index contributed by atoms with van der Waals surface area (Å²) in [6, 6.07) is 2.76. The summed E-state index contributed by atoms with van der Waals surface area (Å²) >= 11 is 0. The van der Waals surface area contributed by atoms with E-state index in [0.717, 1.165) is 44.0 Å². The minimum Gasteiger partial charge on any atom is -0.370 e. The standard InChI is InChI=1S/C17H24F3N5/c1-2-21-16(25-14-6-3-4-7-14)23-11-5-10-22-15-9-8-13(12-24-15)17(18,19)20/h3-4,8-9,12,14H,2,5-7,10-11H2,1H3,(H,22,24)(H2,21,23,25). The van der Waals surface area contributed by atoms with Crippen LogP contribution in [0.15, 0.2) is 35.5 Å². The number of alkyl halides is 3. The van der Waals surface area contributed by atoms with Crippen LogP contribution in [-0.4, -0.2) is 36.6 Å². The van der Waals surface area contributed by atoms with Crippen LogP contribution < -0.4 is 16.0 Å². The summed E-state index contributed by atoms with van der Waals surface area (Å²) in [6.45, 7) is 4.01. The molecule has 0 saturated heterocycles. The van der Waals surface area contributed by atoms with Crippen LogP contribution in [0.1, 0.15) is 31.7 Å². The lowest BCUT2D eigenvalue weighted by Gasteiger charge is -2.16. The molecule has 1 heterocycles. The van der Waals surface area contributed by atoms with Gasteiger partial charge in [0.25, 0.3) is 0 Å². The Morgan fingerprint density at radius 1 is 1.28 bits per heavy atom. The zero-order chi connectivity index (χ0) is 18.1. The van der Waals surface area contributed by atoms with Crippen LogP contribution in [0.5, 0.6) is 0 Å². The van der Waals surface area contributed by atoms with Gasteiger partial charge in [-0.05, 0) is 38.3 Å². The van der Waals surface area contributed by atoms with Crippen molar-refractivity contribution in [2.45, 2.75) is 38.4 Å². The third-order valence-corrected chi connectivity index (χ3v) is 3.69. The summed E-state index contributed by atoms with van der Waals surface area (Å²) in [4.78, 5) is 8.29. The summed E-state index contributed by atoms with van der Waals surface area (Å²) in [5.74, 6) is 1.22. The maximum atomic E-state index is 12.5. The van der Waals surface area contributed by atoms with E-state index in [-0.39, 0.29) is 0 Å². The van der Waals surface area contributed by atoms with Crippen LogP contribution in [0.25, 0.3) is 0 Å². The van der Waals surface area contributed by atoms with E-state index in [2.05, 4.69) is 38.1 Å².